The second kappa shape index (κ2) is 5.07. The van der Waals surface area contributed by atoms with Crippen molar-refractivity contribution in [2.45, 2.75) is 38.6 Å². The van der Waals surface area contributed by atoms with Crippen LogP contribution >= 0.6 is 11.6 Å². The summed E-state index contributed by atoms with van der Waals surface area (Å²) in [4.78, 5) is 0. The number of benzene rings is 1. The molecule has 2 nitrogen and oxygen atoms in total. The van der Waals surface area contributed by atoms with Crippen LogP contribution in [0.25, 0.3) is 0 Å². The van der Waals surface area contributed by atoms with E-state index in [0.717, 1.165) is 24.1 Å². The molecule has 0 aliphatic carbocycles. The summed E-state index contributed by atoms with van der Waals surface area (Å²) < 4.78 is 0. The summed E-state index contributed by atoms with van der Waals surface area (Å²) in [6.45, 7) is 2.98. The average Bonchev–Trinajstić information content (AvgIpc) is 2.31. The fraction of sp³-hybridized carbons (Fsp3) is 0.538. The van der Waals surface area contributed by atoms with Crippen molar-refractivity contribution < 1.29 is 5.11 Å². The fourth-order valence-electron chi connectivity index (χ4n) is 2.27. The number of hydrogen-bond donors (Lipinski definition) is 2. The van der Waals surface area contributed by atoms with Gasteiger partial charge in [0.15, 0.2) is 0 Å². The highest BCUT2D eigenvalue weighted by Gasteiger charge is 2.17. The first kappa shape index (κ1) is 11.7. The van der Waals surface area contributed by atoms with E-state index in [0.29, 0.717) is 16.8 Å². The third-order valence-electron chi connectivity index (χ3n) is 3.29. The minimum absolute atomic E-state index is 0.361. The standard InChI is InChI=1S/C13H18ClNO/c1-9-5-6-12(14)11(13(9)16)8-10-4-2-3-7-15-10/h5-6,10,15-16H,2-4,7-8H2,1H3. The van der Waals surface area contributed by atoms with Gasteiger partial charge in [0.2, 0.25) is 0 Å². The largest absolute Gasteiger partial charge is 0.507 e. The predicted octanol–water partition coefficient (Wildman–Crippen LogP) is 3.04. The summed E-state index contributed by atoms with van der Waals surface area (Å²) >= 11 is 6.13. The minimum Gasteiger partial charge on any atom is -0.507 e. The van der Waals surface area contributed by atoms with E-state index in [1.54, 1.807) is 0 Å². The molecule has 0 bridgehead atoms. The maximum Gasteiger partial charge on any atom is 0.123 e. The van der Waals surface area contributed by atoms with Crippen LogP contribution in [-0.4, -0.2) is 17.7 Å². The number of halogens is 1. The first-order valence-corrected chi connectivity index (χ1v) is 6.26. The van der Waals surface area contributed by atoms with E-state index in [2.05, 4.69) is 5.32 Å². The molecule has 1 unspecified atom stereocenters. The average molecular weight is 240 g/mol. The summed E-state index contributed by atoms with van der Waals surface area (Å²) in [6.07, 6.45) is 4.52. The van der Waals surface area contributed by atoms with Crippen LogP contribution in [0.4, 0.5) is 0 Å². The zero-order chi connectivity index (χ0) is 11.5. The molecule has 0 aromatic heterocycles. The van der Waals surface area contributed by atoms with Crippen LogP contribution in [-0.2, 0) is 6.42 Å². The van der Waals surface area contributed by atoms with Gasteiger partial charge in [-0.25, -0.2) is 0 Å². The number of phenols is 1. The van der Waals surface area contributed by atoms with Crippen molar-refractivity contribution in [1.29, 1.82) is 0 Å². The molecule has 1 atom stereocenters. The monoisotopic (exact) mass is 239 g/mol. The van der Waals surface area contributed by atoms with E-state index in [-0.39, 0.29) is 0 Å². The highest BCUT2D eigenvalue weighted by molar-refractivity contribution is 6.31. The lowest BCUT2D eigenvalue weighted by Crippen LogP contribution is -2.35. The van der Waals surface area contributed by atoms with Crippen molar-refractivity contribution >= 4 is 11.6 Å². The minimum atomic E-state index is 0.361. The first-order chi connectivity index (χ1) is 7.68. The number of nitrogens with one attached hydrogen (secondary N) is 1. The molecule has 1 fully saturated rings. The fourth-order valence-corrected chi connectivity index (χ4v) is 2.50. The van der Waals surface area contributed by atoms with Gasteiger partial charge in [0.1, 0.15) is 5.75 Å². The predicted molar refractivity (Wildman–Crippen MR) is 67.2 cm³/mol. The molecule has 1 aromatic rings. The smallest absolute Gasteiger partial charge is 0.123 e. The Kier molecular flexibility index (Phi) is 3.72. The quantitative estimate of drug-likeness (QED) is 0.832. The third-order valence-corrected chi connectivity index (χ3v) is 3.64. The second-order valence-corrected chi connectivity index (χ2v) is 4.95. The molecular formula is C13H18ClNO. The number of hydrogen-bond acceptors (Lipinski definition) is 2. The maximum atomic E-state index is 10.00. The van der Waals surface area contributed by atoms with E-state index >= 15 is 0 Å². The summed E-state index contributed by atoms with van der Waals surface area (Å²) in [5, 5.41) is 14.1. The highest BCUT2D eigenvalue weighted by Crippen LogP contribution is 2.31. The highest BCUT2D eigenvalue weighted by atomic mass is 35.5. The number of rotatable bonds is 2. The molecule has 1 heterocycles. The second-order valence-electron chi connectivity index (χ2n) is 4.54. The first-order valence-electron chi connectivity index (χ1n) is 5.89. The van der Waals surface area contributed by atoms with Crippen LogP contribution < -0.4 is 5.32 Å². The van der Waals surface area contributed by atoms with Gasteiger partial charge in [0.25, 0.3) is 0 Å². The Morgan fingerprint density at radius 1 is 1.44 bits per heavy atom. The Balaban J connectivity index is 2.16. The molecule has 1 saturated heterocycles. The number of aryl methyl sites for hydroxylation is 1. The lowest BCUT2D eigenvalue weighted by molar-refractivity contribution is 0.391. The van der Waals surface area contributed by atoms with Gasteiger partial charge >= 0.3 is 0 Å². The lowest BCUT2D eigenvalue weighted by atomic mass is 9.96. The van der Waals surface area contributed by atoms with Gasteiger partial charge in [-0.1, -0.05) is 24.1 Å². The van der Waals surface area contributed by atoms with Gasteiger partial charge < -0.3 is 10.4 Å². The molecule has 1 aliphatic heterocycles. The van der Waals surface area contributed by atoms with Crippen molar-refractivity contribution in [2.75, 3.05) is 6.54 Å². The van der Waals surface area contributed by atoms with E-state index < -0.39 is 0 Å². The molecule has 2 rings (SSSR count). The summed E-state index contributed by atoms with van der Waals surface area (Å²) in [7, 11) is 0. The molecule has 0 saturated carbocycles. The summed E-state index contributed by atoms with van der Waals surface area (Å²) in [5.41, 5.74) is 1.79. The van der Waals surface area contributed by atoms with Crippen LogP contribution in [0.2, 0.25) is 5.02 Å². The number of phenolic OH excluding ortho intramolecular Hbond substituents is 1. The number of piperidine rings is 1. The van der Waals surface area contributed by atoms with Crippen LogP contribution in [0.5, 0.6) is 5.75 Å². The maximum absolute atomic E-state index is 10.00. The van der Waals surface area contributed by atoms with Crippen LogP contribution in [0.1, 0.15) is 30.4 Å². The number of aromatic hydroxyl groups is 1. The Morgan fingerprint density at radius 3 is 2.94 bits per heavy atom. The van der Waals surface area contributed by atoms with E-state index in [1.165, 1.54) is 19.3 Å². The Hall–Kier alpha value is -0.730. The van der Waals surface area contributed by atoms with Gasteiger partial charge in [0.05, 0.1) is 0 Å². The van der Waals surface area contributed by atoms with E-state index in [1.807, 2.05) is 19.1 Å². The van der Waals surface area contributed by atoms with E-state index in [9.17, 15) is 5.11 Å². The third kappa shape index (κ3) is 2.50. The summed E-state index contributed by atoms with van der Waals surface area (Å²) in [6, 6.07) is 4.18. The molecule has 0 amide bonds. The van der Waals surface area contributed by atoms with Crippen LogP contribution in [0.15, 0.2) is 12.1 Å². The van der Waals surface area contributed by atoms with Gasteiger partial charge in [-0.15, -0.1) is 0 Å². The molecule has 0 spiro atoms. The molecule has 3 heteroatoms. The molecule has 0 radical (unpaired) electrons. The van der Waals surface area contributed by atoms with Crippen LogP contribution in [0, 0.1) is 6.92 Å². The van der Waals surface area contributed by atoms with Crippen molar-refractivity contribution in [2.24, 2.45) is 0 Å². The van der Waals surface area contributed by atoms with Gasteiger partial charge in [-0.05, 0) is 44.4 Å². The zero-order valence-electron chi connectivity index (χ0n) is 9.59. The Labute approximate surface area is 102 Å². The Morgan fingerprint density at radius 2 is 2.25 bits per heavy atom. The van der Waals surface area contributed by atoms with Gasteiger partial charge in [0, 0.05) is 16.6 Å². The van der Waals surface area contributed by atoms with Crippen molar-refractivity contribution in [3.8, 4) is 5.75 Å². The molecule has 1 aromatic carbocycles. The van der Waals surface area contributed by atoms with E-state index in [4.69, 9.17) is 11.6 Å². The molecule has 88 valence electrons. The zero-order valence-corrected chi connectivity index (χ0v) is 10.3. The molecule has 16 heavy (non-hydrogen) atoms. The van der Waals surface area contributed by atoms with Crippen LogP contribution in [0.3, 0.4) is 0 Å². The molecule has 1 aliphatic rings. The molecule has 2 N–H and O–H groups in total. The SMILES string of the molecule is Cc1ccc(Cl)c(CC2CCCCN2)c1O. The normalized spacial score (nSPS) is 21.0. The molecular weight excluding hydrogens is 222 g/mol. The summed E-state index contributed by atoms with van der Waals surface area (Å²) in [5.74, 6) is 0.361. The van der Waals surface area contributed by atoms with Gasteiger partial charge in [-0.2, -0.15) is 0 Å². The van der Waals surface area contributed by atoms with Gasteiger partial charge in [-0.3, -0.25) is 0 Å². The van der Waals surface area contributed by atoms with Crippen molar-refractivity contribution in [1.82, 2.24) is 5.32 Å². The van der Waals surface area contributed by atoms with Crippen molar-refractivity contribution in [3.05, 3.63) is 28.3 Å². The lowest BCUT2D eigenvalue weighted by Gasteiger charge is -2.24. The van der Waals surface area contributed by atoms with Crippen molar-refractivity contribution in [3.63, 3.8) is 0 Å². The topological polar surface area (TPSA) is 32.3 Å². The Bertz CT molecular complexity index is 372.